The summed E-state index contributed by atoms with van der Waals surface area (Å²) in [6.45, 7) is 4.49. The zero-order valence-corrected chi connectivity index (χ0v) is 11.2. The number of hydrogen-bond donors (Lipinski definition) is 2. The molecule has 0 fully saturated rings. The third-order valence-electron chi connectivity index (χ3n) is 2.87. The van der Waals surface area contributed by atoms with Gasteiger partial charge in [-0.1, -0.05) is 13.8 Å². The summed E-state index contributed by atoms with van der Waals surface area (Å²) >= 11 is 2.00. The minimum atomic E-state index is 0.732. The molecule has 0 bridgehead atoms. The van der Waals surface area contributed by atoms with Gasteiger partial charge in [0.25, 0.3) is 0 Å². The molecule has 4 heteroatoms. The largest absolute Gasteiger partial charge is 0.399 e. The second-order valence-corrected chi connectivity index (χ2v) is 5.85. The number of imidazole rings is 1. The fourth-order valence-corrected chi connectivity index (χ4v) is 2.62. The molecule has 2 aromatic rings. The Labute approximate surface area is 106 Å². The number of H-pyrrole nitrogens is 1. The minimum Gasteiger partial charge on any atom is -0.399 e. The quantitative estimate of drug-likeness (QED) is 0.800. The Hall–Kier alpha value is -1.16. The van der Waals surface area contributed by atoms with Gasteiger partial charge in [0.2, 0.25) is 0 Å². The van der Waals surface area contributed by atoms with Gasteiger partial charge in [-0.05, 0) is 24.6 Å². The lowest BCUT2D eigenvalue weighted by atomic mass is 10.3. The van der Waals surface area contributed by atoms with Crippen molar-refractivity contribution in [3.63, 3.8) is 0 Å². The number of nitrogens with two attached hydrogens (primary N) is 1. The van der Waals surface area contributed by atoms with Gasteiger partial charge in [-0.3, -0.25) is 0 Å². The summed E-state index contributed by atoms with van der Waals surface area (Å²) in [5, 5.41) is 0.732. The van der Waals surface area contributed by atoms with E-state index in [9.17, 15) is 0 Å². The number of benzene rings is 1. The van der Waals surface area contributed by atoms with Crippen LogP contribution in [0, 0.1) is 0 Å². The maximum atomic E-state index is 5.74. The molecule has 0 radical (unpaired) electrons. The maximum Gasteiger partial charge on any atom is 0.108 e. The molecule has 92 valence electrons. The molecule has 0 amide bonds. The van der Waals surface area contributed by atoms with E-state index < -0.39 is 0 Å². The van der Waals surface area contributed by atoms with Crippen LogP contribution in [0.5, 0.6) is 0 Å². The van der Waals surface area contributed by atoms with Gasteiger partial charge in [0, 0.05) is 23.1 Å². The lowest BCUT2D eigenvalue weighted by Crippen LogP contribution is -1.98. The van der Waals surface area contributed by atoms with Gasteiger partial charge in [0.1, 0.15) is 5.82 Å². The van der Waals surface area contributed by atoms with Crippen molar-refractivity contribution in [1.29, 1.82) is 0 Å². The second kappa shape index (κ2) is 5.45. The topological polar surface area (TPSA) is 54.7 Å². The van der Waals surface area contributed by atoms with Crippen LogP contribution in [0.4, 0.5) is 5.69 Å². The van der Waals surface area contributed by atoms with Crippen molar-refractivity contribution in [3.8, 4) is 0 Å². The van der Waals surface area contributed by atoms with E-state index in [2.05, 4.69) is 23.8 Å². The molecule has 0 aliphatic carbocycles. The minimum absolute atomic E-state index is 0.732. The van der Waals surface area contributed by atoms with Crippen LogP contribution < -0.4 is 5.73 Å². The van der Waals surface area contributed by atoms with Gasteiger partial charge < -0.3 is 10.7 Å². The van der Waals surface area contributed by atoms with E-state index in [1.807, 2.05) is 30.0 Å². The Bertz CT molecular complexity index is 492. The first kappa shape index (κ1) is 12.3. The van der Waals surface area contributed by atoms with Gasteiger partial charge in [0.15, 0.2) is 0 Å². The Morgan fingerprint density at radius 1 is 1.47 bits per heavy atom. The maximum absolute atomic E-state index is 5.74. The molecule has 0 aliphatic rings. The number of aryl methyl sites for hydroxylation is 1. The van der Waals surface area contributed by atoms with Crippen LogP contribution in [-0.4, -0.2) is 21.0 Å². The van der Waals surface area contributed by atoms with Crippen LogP contribution in [0.3, 0.4) is 0 Å². The molecular formula is C13H19N3S. The van der Waals surface area contributed by atoms with Crippen LogP contribution in [-0.2, 0) is 6.42 Å². The number of aromatic nitrogens is 2. The number of nitrogens with one attached hydrogen (secondary N) is 1. The molecule has 1 unspecified atom stereocenters. The Kier molecular flexibility index (Phi) is 3.94. The molecule has 1 atom stereocenters. The molecule has 2 rings (SSSR count). The van der Waals surface area contributed by atoms with Crippen LogP contribution in [0.25, 0.3) is 11.0 Å². The van der Waals surface area contributed by atoms with Crippen LogP contribution in [0.1, 0.15) is 26.1 Å². The fourth-order valence-electron chi connectivity index (χ4n) is 1.67. The van der Waals surface area contributed by atoms with Gasteiger partial charge >= 0.3 is 0 Å². The van der Waals surface area contributed by atoms with E-state index in [0.29, 0.717) is 0 Å². The predicted molar refractivity (Wildman–Crippen MR) is 76.4 cm³/mol. The Balaban J connectivity index is 1.99. The van der Waals surface area contributed by atoms with Gasteiger partial charge in [-0.25, -0.2) is 4.98 Å². The van der Waals surface area contributed by atoms with E-state index in [4.69, 9.17) is 5.73 Å². The monoisotopic (exact) mass is 249 g/mol. The summed E-state index contributed by atoms with van der Waals surface area (Å²) in [6.07, 6.45) is 2.21. The number of anilines is 1. The average molecular weight is 249 g/mol. The van der Waals surface area contributed by atoms with Gasteiger partial charge in [-0.15, -0.1) is 0 Å². The van der Waals surface area contributed by atoms with E-state index in [1.165, 1.54) is 6.42 Å². The number of nitrogen functional groups attached to an aromatic ring is 1. The number of hydrogen-bond acceptors (Lipinski definition) is 3. The fraction of sp³-hybridized carbons (Fsp3) is 0.462. The molecule has 0 saturated heterocycles. The number of nitrogens with zero attached hydrogens (tertiary/aromatic N) is 1. The highest BCUT2D eigenvalue weighted by Crippen LogP contribution is 2.18. The van der Waals surface area contributed by atoms with Crippen molar-refractivity contribution < 1.29 is 0 Å². The predicted octanol–water partition coefficient (Wildman–Crippen LogP) is 3.22. The standard InChI is InChI=1S/C13H19N3S/c1-3-9(2)17-7-6-13-15-11-5-4-10(14)8-12(11)16-13/h4-5,8-9H,3,6-7,14H2,1-2H3,(H,15,16). The molecular weight excluding hydrogens is 230 g/mol. The van der Waals surface area contributed by atoms with Crippen molar-refractivity contribution in [3.05, 3.63) is 24.0 Å². The van der Waals surface area contributed by atoms with Gasteiger partial charge in [0.05, 0.1) is 11.0 Å². The molecule has 0 spiro atoms. The summed E-state index contributed by atoms with van der Waals surface area (Å²) in [5.41, 5.74) is 8.56. The summed E-state index contributed by atoms with van der Waals surface area (Å²) in [4.78, 5) is 7.88. The zero-order chi connectivity index (χ0) is 12.3. The highest BCUT2D eigenvalue weighted by molar-refractivity contribution is 7.99. The SMILES string of the molecule is CCC(C)SCCc1nc2ccc(N)cc2[nH]1. The molecule has 3 N–H and O–H groups in total. The van der Waals surface area contributed by atoms with Crippen molar-refractivity contribution in [2.45, 2.75) is 31.9 Å². The number of rotatable bonds is 5. The summed E-state index contributed by atoms with van der Waals surface area (Å²) in [5.74, 6) is 2.17. The summed E-state index contributed by atoms with van der Waals surface area (Å²) in [6, 6.07) is 5.79. The van der Waals surface area contributed by atoms with Crippen LogP contribution in [0.2, 0.25) is 0 Å². The molecule has 0 aliphatic heterocycles. The lowest BCUT2D eigenvalue weighted by Gasteiger charge is -2.05. The summed E-state index contributed by atoms with van der Waals surface area (Å²) < 4.78 is 0. The molecule has 3 nitrogen and oxygen atoms in total. The first-order chi connectivity index (χ1) is 8.19. The van der Waals surface area contributed by atoms with Crippen LogP contribution >= 0.6 is 11.8 Å². The molecule has 17 heavy (non-hydrogen) atoms. The molecule has 1 heterocycles. The number of fused-ring (bicyclic) bond motifs is 1. The van der Waals surface area contributed by atoms with E-state index in [1.54, 1.807) is 0 Å². The van der Waals surface area contributed by atoms with Gasteiger partial charge in [-0.2, -0.15) is 11.8 Å². The van der Waals surface area contributed by atoms with E-state index >= 15 is 0 Å². The van der Waals surface area contributed by atoms with Crippen molar-refractivity contribution in [1.82, 2.24) is 9.97 Å². The van der Waals surface area contributed by atoms with Crippen LogP contribution in [0.15, 0.2) is 18.2 Å². The first-order valence-corrected chi connectivity index (χ1v) is 7.09. The summed E-state index contributed by atoms with van der Waals surface area (Å²) in [7, 11) is 0. The first-order valence-electron chi connectivity index (χ1n) is 6.04. The average Bonchev–Trinajstić information content (AvgIpc) is 2.70. The zero-order valence-electron chi connectivity index (χ0n) is 10.4. The van der Waals surface area contributed by atoms with Crippen molar-refractivity contribution in [2.24, 2.45) is 0 Å². The normalized spacial score (nSPS) is 13.1. The van der Waals surface area contributed by atoms with Crippen molar-refractivity contribution in [2.75, 3.05) is 11.5 Å². The highest BCUT2D eigenvalue weighted by Gasteiger charge is 2.04. The highest BCUT2D eigenvalue weighted by atomic mass is 32.2. The van der Waals surface area contributed by atoms with E-state index in [0.717, 1.165) is 40.0 Å². The third kappa shape index (κ3) is 3.16. The lowest BCUT2D eigenvalue weighted by molar-refractivity contribution is 0.900. The smallest absolute Gasteiger partial charge is 0.108 e. The molecule has 0 saturated carbocycles. The Morgan fingerprint density at radius 2 is 2.29 bits per heavy atom. The second-order valence-electron chi connectivity index (χ2n) is 4.30. The number of thioether (sulfide) groups is 1. The van der Waals surface area contributed by atoms with Crippen molar-refractivity contribution >= 4 is 28.5 Å². The van der Waals surface area contributed by atoms with E-state index in [-0.39, 0.29) is 0 Å². The molecule has 1 aromatic carbocycles. The molecule has 1 aromatic heterocycles. The third-order valence-corrected chi connectivity index (χ3v) is 4.21. The Morgan fingerprint density at radius 3 is 3.06 bits per heavy atom. The number of aromatic amines is 1.